The van der Waals surface area contributed by atoms with E-state index in [1.54, 1.807) is 26.0 Å². The van der Waals surface area contributed by atoms with Crippen molar-refractivity contribution in [1.29, 1.82) is 0 Å². The zero-order chi connectivity index (χ0) is 14.6. The van der Waals surface area contributed by atoms with Crippen LogP contribution in [-0.4, -0.2) is 23.1 Å². The number of hydrogen-bond acceptors (Lipinski definition) is 2. The molecule has 3 N–H and O–H groups in total. The first-order chi connectivity index (χ1) is 8.81. The predicted molar refractivity (Wildman–Crippen MR) is 77.3 cm³/mol. The Morgan fingerprint density at radius 2 is 1.95 bits per heavy atom. The lowest BCUT2D eigenvalue weighted by Gasteiger charge is -2.18. The number of rotatable bonds is 4. The highest BCUT2D eigenvalue weighted by Gasteiger charge is 2.23. The molecule has 5 nitrogen and oxygen atoms in total. The summed E-state index contributed by atoms with van der Waals surface area (Å²) >= 11 is 3.37. The van der Waals surface area contributed by atoms with Crippen molar-refractivity contribution in [2.24, 2.45) is 5.92 Å². The minimum absolute atomic E-state index is 0.187. The van der Waals surface area contributed by atoms with Crippen LogP contribution < -0.4 is 10.6 Å². The van der Waals surface area contributed by atoms with Gasteiger partial charge in [-0.1, -0.05) is 35.8 Å². The maximum Gasteiger partial charge on any atom is 0.326 e. The first-order valence-corrected chi connectivity index (χ1v) is 6.67. The molecule has 0 aliphatic carbocycles. The molecule has 0 fully saturated rings. The molecule has 1 atom stereocenters. The van der Waals surface area contributed by atoms with Crippen molar-refractivity contribution in [1.82, 2.24) is 5.32 Å². The van der Waals surface area contributed by atoms with Crippen molar-refractivity contribution in [2.45, 2.75) is 26.8 Å². The molecular weight excluding hydrogens is 312 g/mol. The normalized spacial score (nSPS) is 12.1. The fourth-order valence-electron chi connectivity index (χ4n) is 1.49. The maximum atomic E-state index is 11.7. The van der Waals surface area contributed by atoms with E-state index in [-0.39, 0.29) is 5.92 Å². The van der Waals surface area contributed by atoms with Crippen LogP contribution in [-0.2, 0) is 4.79 Å². The number of benzene rings is 1. The van der Waals surface area contributed by atoms with Crippen LogP contribution in [0.25, 0.3) is 0 Å². The molecule has 0 radical (unpaired) electrons. The Hall–Kier alpha value is -1.56. The fraction of sp³-hybridized carbons (Fsp3) is 0.385. The number of aliphatic carboxylic acids is 1. The number of nitrogens with one attached hydrogen (secondary N) is 2. The number of hydrogen-bond donors (Lipinski definition) is 3. The zero-order valence-electron chi connectivity index (χ0n) is 11.0. The standard InChI is InChI=1S/C13H17BrN2O3/c1-7(2)11(12(17)18)16-13(19)15-9-5-4-8(3)10(14)6-9/h4-7,11H,1-3H3,(H,17,18)(H2,15,16,19)/t11-/m1/s1. The van der Waals surface area contributed by atoms with E-state index in [0.29, 0.717) is 5.69 Å². The summed E-state index contributed by atoms with van der Waals surface area (Å²) in [7, 11) is 0. The van der Waals surface area contributed by atoms with E-state index >= 15 is 0 Å². The summed E-state index contributed by atoms with van der Waals surface area (Å²) in [6.07, 6.45) is 0. The van der Waals surface area contributed by atoms with Crippen molar-refractivity contribution in [2.75, 3.05) is 5.32 Å². The Bertz CT molecular complexity index is 489. The third-order valence-corrected chi connectivity index (χ3v) is 3.50. The molecule has 0 heterocycles. The van der Waals surface area contributed by atoms with Gasteiger partial charge < -0.3 is 15.7 Å². The summed E-state index contributed by atoms with van der Waals surface area (Å²) in [5.74, 6) is -1.23. The van der Waals surface area contributed by atoms with E-state index in [0.717, 1.165) is 10.0 Å². The minimum atomic E-state index is -1.05. The van der Waals surface area contributed by atoms with Crippen LogP contribution in [0.15, 0.2) is 22.7 Å². The minimum Gasteiger partial charge on any atom is -0.480 e. The summed E-state index contributed by atoms with van der Waals surface area (Å²) in [6, 6.07) is 3.94. The summed E-state index contributed by atoms with van der Waals surface area (Å²) in [6.45, 7) is 5.41. The molecule has 1 rings (SSSR count). The molecule has 104 valence electrons. The van der Waals surface area contributed by atoms with Gasteiger partial charge in [-0.15, -0.1) is 0 Å². The number of anilines is 1. The van der Waals surface area contributed by atoms with Crippen LogP contribution in [0.5, 0.6) is 0 Å². The number of aryl methyl sites for hydroxylation is 1. The van der Waals surface area contributed by atoms with Gasteiger partial charge in [-0.05, 0) is 30.5 Å². The number of carboxylic acids is 1. The summed E-state index contributed by atoms with van der Waals surface area (Å²) < 4.78 is 0.879. The quantitative estimate of drug-likeness (QED) is 0.795. The fourth-order valence-corrected chi connectivity index (χ4v) is 1.87. The molecule has 1 aromatic rings. The third-order valence-electron chi connectivity index (χ3n) is 2.65. The molecule has 0 saturated carbocycles. The van der Waals surface area contributed by atoms with Gasteiger partial charge in [0.15, 0.2) is 0 Å². The Morgan fingerprint density at radius 3 is 2.42 bits per heavy atom. The Kier molecular flexibility index (Phi) is 5.35. The lowest BCUT2D eigenvalue weighted by molar-refractivity contribution is -0.140. The van der Waals surface area contributed by atoms with Crippen molar-refractivity contribution in [3.05, 3.63) is 28.2 Å². The van der Waals surface area contributed by atoms with Gasteiger partial charge in [-0.2, -0.15) is 0 Å². The van der Waals surface area contributed by atoms with E-state index in [4.69, 9.17) is 5.11 Å². The first kappa shape index (κ1) is 15.5. The van der Waals surface area contributed by atoms with Crippen molar-refractivity contribution < 1.29 is 14.7 Å². The number of carbonyl (C=O) groups excluding carboxylic acids is 1. The smallest absolute Gasteiger partial charge is 0.326 e. The molecule has 2 amide bonds. The Balaban J connectivity index is 2.69. The van der Waals surface area contributed by atoms with Gasteiger partial charge in [0.05, 0.1) is 0 Å². The lowest BCUT2D eigenvalue weighted by Crippen LogP contribution is -2.46. The van der Waals surface area contributed by atoms with Crippen LogP contribution in [0.4, 0.5) is 10.5 Å². The van der Waals surface area contributed by atoms with Gasteiger partial charge in [-0.25, -0.2) is 9.59 Å². The molecule has 0 aliphatic rings. The number of carboxylic acid groups (broad SMARTS) is 1. The lowest BCUT2D eigenvalue weighted by atomic mass is 10.1. The van der Waals surface area contributed by atoms with Crippen LogP contribution in [0, 0.1) is 12.8 Å². The second kappa shape index (κ2) is 6.56. The van der Waals surface area contributed by atoms with Crippen LogP contribution in [0.1, 0.15) is 19.4 Å². The number of amides is 2. The van der Waals surface area contributed by atoms with Gasteiger partial charge in [-0.3, -0.25) is 0 Å². The number of carbonyl (C=O) groups is 2. The molecule has 1 aromatic carbocycles. The predicted octanol–water partition coefficient (Wildman–Crippen LogP) is 2.99. The largest absolute Gasteiger partial charge is 0.480 e. The van der Waals surface area contributed by atoms with Crippen molar-refractivity contribution in [3.8, 4) is 0 Å². The van der Waals surface area contributed by atoms with Crippen molar-refractivity contribution in [3.63, 3.8) is 0 Å². The number of halogens is 1. The second-order valence-electron chi connectivity index (χ2n) is 4.62. The highest BCUT2D eigenvalue weighted by molar-refractivity contribution is 9.10. The Labute approximate surface area is 120 Å². The topological polar surface area (TPSA) is 78.4 Å². The van der Waals surface area contributed by atoms with E-state index in [9.17, 15) is 9.59 Å². The number of urea groups is 1. The maximum absolute atomic E-state index is 11.7. The molecule has 6 heteroatoms. The summed E-state index contributed by atoms with van der Waals surface area (Å²) in [5, 5.41) is 14.0. The molecule has 0 unspecified atom stereocenters. The van der Waals surface area contributed by atoms with Gasteiger partial charge in [0, 0.05) is 10.2 Å². The summed E-state index contributed by atoms with van der Waals surface area (Å²) in [5.41, 5.74) is 1.65. The van der Waals surface area contributed by atoms with Crippen LogP contribution in [0.3, 0.4) is 0 Å². The van der Waals surface area contributed by atoms with Crippen LogP contribution >= 0.6 is 15.9 Å². The highest BCUT2D eigenvalue weighted by atomic mass is 79.9. The van der Waals surface area contributed by atoms with E-state index < -0.39 is 18.0 Å². The van der Waals surface area contributed by atoms with Gasteiger partial charge in [0.1, 0.15) is 6.04 Å². The second-order valence-corrected chi connectivity index (χ2v) is 5.48. The van der Waals surface area contributed by atoms with E-state index in [2.05, 4.69) is 26.6 Å². The molecule has 19 heavy (non-hydrogen) atoms. The SMILES string of the molecule is Cc1ccc(NC(=O)N[C@@H](C(=O)O)C(C)C)cc1Br. The molecular formula is C13H17BrN2O3. The molecule has 0 bridgehead atoms. The Morgan fingerprint density at radius 1 is 1.32 bits per heavy atom. The average molecular weight is 329 g/mol. The van der Waals surface area contributed by atoms with E-state index in [1.165, 1.54) is 0 Å². The first-order valence-electron chi connectivity index (χ1n) is 5.87. The molecule has 0 aromatic heterocycles. The van der Waals surface area contributed by atoms with Gasteiger partial charge in [0.2, 0.25) is 0 Å². The van der Waals surface area contributed by atoms with E-state index in [1.807, 2.05) is 13.0 Å². The van der Waals surface area contributed by atoms with Crippen LogP contribution in [0.2, 0.25) is 0 Å². The molecule has 0 aliphatic heterocycles. The third kappa shape index (κ3) is 4.55. The zero-order valence-corrected chi connectivity index (χ0v) is 12.6. The summed E-state index contributed by atoms with van der Waals surface area (Å²) in [4.78, 5) is 22.7. The van der Waals surface area contributed by atoms with Gasteiger partial charge >= 0.3 is 12.0 Å². The monoisotopic (exact) mass is 328 g/mol. The highest BCUT2D eigenvalue weighted by Crippen LogP contribution is 2.20. The van der Waals surface area contributed by atoms with Gasteiger partial charge in [0.25, 0.3) is 0 Å². The average Bonchev–Trinajstić information content (AvgIpc) is 2.30. The molecule has 0 spiro atoms. The van der Waals surface area contributed by atoms with Crippen molar-refractivity contribution >= 4 is 33.6 Å². The molecule has 0 saturated heterocycles.